The Labute approximate surface area is 180 Å². The standard InChI is InChI=1S/C22H33N3O3.ClH/c1-15-12-19(22(27)25-11-8-23-17(3)18(25)4)13-16(2)21(15)28-14-20(26)24-9-6-5-7-10-24;/h12-13,17-18,23H,5-11,14H2,1-4H3;1H. The number of amides is 2. The zero-order chi connectivity index (χ0) is 20.3. The van der Waals surface area contributed by atoms with Crippen LogP contribution in [0.4, 0.5) is 0 Å². The van der Waals surface area contributed by atoms with E-state index < -0.39 is 0 Å². The van der Waals surface area contributed by atoms with Crippen LogP contribution in [0.25, 0.3) is 0 Å². The van der Waals surface area contributed by atoms with Gasteiger partial charge in [0.2, 0.25) is 0 Å². The molecule has 0 aliphatic carbocycles. The van der Waals surface area contributed by atoms with Gasteiger partial charge in [0.25, 0.3) is 11.8 Å². The molecule has 0 bridgehead atoms. The van der Waals surface area contributed by atoms with Crippen LogP contribution in [0, 0.1) is 13.8 Å². The number of benzene rings is 1. The summed E-state index contributed by atoms with van der Waals surface area (Å²) < 4.78 is 5.87. The topological polar surface area (TPSA) is 61.9 Å². The molecule has 29 heavy (non-hydrogen) atoms. The van der Waals surface area contributed by atoms with Crippen LogP contribution in [0.3, 0.4) is 0 Å². The van der Waals surface area contributed by atoms with E-state index >= 15 is 0 Å². The molecule has 2 unspecified atom stereocenters. The first-order valence-corrected chi connectivity index (χ1v) is 10.4. The molecule has 2 atom stereocenters. The zero-order valence-corrected chi connectivity index (χ0v) is 18.8. The summed E-state index contributed by atoms with van der Waals surface area (Å²) in [5, 5.41) is 3.40. The maximum Gasteiger partial charge on any atom is 0.260 e. The summed E-state index contributed by atoms with van der Waals surface area (Å²) in [6, 6.07) is 4.20. The van der Waals surface area contributed by atoms with Gasteiger partial charge in [-0.25, -0.2) is 0 Å². The van der Waals surface area contributed by atoms with Crippen molar-refractivity contribution in [2.24, 2.45) is 0 Å². The van der Waals surface area contributed by atoms with Gasteiger partial charge in [0.1, 0.15) is 5.75 Å². The molecule has 1 aromatic rings. The van der Waals surface area contributed by atoms with E-state index in [1.165, 1.54) is 6.42 Å². The molecule has 0 aromatic heterocycles. The molecule has 2 saturated heterocycles. The van der Waals surface area contributed by atoms with E-state index in [2.05, 4.69) is 19.2 Å². The molecule has 0 saturated carbocycles. The number of ether oxygens (including phenoxy) is 1. The lowest BCUT2D eigenvalue weighted by Crippen LogP contribution is -2.57. The molecule has 162 valence electrons. The highest BCUT2D eigenvalue weighted by molar-refractivity contribution is 5.95. The molecule has 0 radical (unpaired) electrons. The number of hydrogen-bond donors (Lipinski definition) is 1. The molecule has 1 aromatic carbocycles. The third-order valence-electron chi connectivity index (χ3n) is 6.05. The van der Waals surface area contributed by atoms with Crippen molar-refractivity contribution >= 4 is 24.2 Å². The van der Waals surface area contributed by atoms with Crippen LogP contribution < -0.4 is 10.1 Å². The first-order valence-electron chi connectivity index (χ1n) is 10.4. The number of piperazine rings is 1. The predicted molar refractivity (Wildman–Crippen MR) is 117 cm³/mol. The molecule has 7 heteroatoms. The van der Waals surface area contributed by atoms with E-state index in [0.717, 1.165) is 43.6 Å². The van der Waals surface area contributed by atoms with E-state index in [0.29, 0.717) is 17.9 Å². The van der Waals surface area contributed by atoms with Crippen molar-refractivity contribution in [2.75, 3.05) is 32.8 Å². The average molecular weight is 424 g/mol. The third kappa shape index (κ3) is 5.43. The Hall–Kier alpha value is -1.79. The molecule has 0 spiro atoms. The number of carbonyl (C=O) groups excluding carboxylic acids is 2. The lowest BCUT2D eigenvalue weighted by molar-refractivity contribution is -0.134. The van der Waals surface area contributed by atoms with Gasteiger partial charge in [0.15, 0.2) is 6.61 Å². The Bertz CT molecular complexity index is 711. The Kier molecular flexibility index (Phi) is 8.34. The van der Waals surface area contributed by atoms with Gasteiger partial charge < -0.3 is 19.9 Å². The van der Waals surface area contributed by atoms with Gasteiger partial charge in [-0.3, -0.25) is 9.59 Å². The Morgan fingerprint density at radius 3 is 2.31 bits per heavy atom. The molecule has 3 rings (SSSR count). The molecule has 2 fully saturated rings. The highest BCUT2D eigenvalue weighted by Gasteiger charge is 2.29. The number of hydrogen-bond acceptors (Lipinski definition) is 4. The second kappa shape index (κ2) is 10.3. The van der Waals surface area contributed by atoms with Gasteiger partial charge in [-0.05, 0) is 70.2 Å². The summed E-state index contributed by atoms with van der Waals surface area (Å²) >= 11 is 0. The SMILES string of the molecule is Cc1cc(C(=O)N2CCNC(C)C2C)cc(C)c1OCC(=O)N1CCCCC1.Cl. The van der Waals surface area contributed by atoms with Crippen LogP contribution in [0.2, 0.25) is 0 Å². The lowest BCUT2D eigenvalue weighted by Gasteiger charge is -2.38. The minimum Gasteiger partial charge on any atom is -0.483 e. The summed E-state index contributed by atoms with van der Waals surface area (Å²) in [4.78, 5) is 29.2. The van der Waals surface area contributed by atoms with E-state index in [-0.39, 0.29) is 42.9 Å². The first-order chi connectivity index (χ1) is 13.4. The van der Waals surface area contributed by atoms with Crippen LogP contribution in [0.15, 0.2) is 12.1 Å². The summed E-state index contributed by atoms with van der Waals surface area (Å²) in [6.07, 6.45) is 3.34. The van der Waals surface area contributed by atoms with Crippen molar-refractivity contribution in [2.45, 2.75) is 59.0 Å². The van der Waals surface area contributed by atoms with Gasteiger partial charge in [-0.2, -0.15) is 0 Å². The lowest BCUT2D eigenvalue weighted by atomic mass is 10.0. The Morgan fingerprint density at radius 2 is 1.69 bits per heavy atom. The van der Waals surface area contributed by atoms with Crippen LogP contribution in [-0.4, -0.2) is 66.5 Å². The average Bonchev–Trinajstić information content (AvgIpc) is 2.69. The van der Waals surface area contributed by atoms with Crippen molar-refractivity contribution in [1.82, 2.24) is 15.1 Å². The van der Waals surface area contributed by atoms with Crippen molar-refractivity contribution in [3.8, 4) is 5.75 Å². The van der Waals surface area contributed by atoms with Crippen molar-refractivity contribution in [3.63, 3.8) is 0 Å². The van der Waals surface area contributed by atoms with E-state index in [9.17, 15) is 9.59 Å². The third-order valence-corrected chi connectivity index (χ3v) is 6.05. The number of halogens is 1. The van der Waals surface area contributed by atoms with Crippen LogP contribution in [0.1, 0.15) is 54.6 Å². The second-order valence-electron chi connectivity index (χ2n) is 8.15. The number of aryl methyl sites for hydroxylation is 2. The summed E-state index contributed by atoms with van der Waals surface area (Å²) in [6.45, 7) is 11.3. The van der Waals surface area contributed by atoms with Gasteiger partial charge in [0.05, 0.1) is 0 Å². The van der Waals surface area contributed by atoms with Gasteiger partial charge in [-0.1, -0.05) is 0 Å². The predicted octanol–water partition coefficient (Wildman–Crippen LogP) is 2.94. The molecule has 2 heterocycles. The molecule has 1 N–H and O–H groups in total. The largest absolute Gasteiger partial charge is 0.483 e. The van der Waals surface area contributed by atoms with E-state index in [1.54, 1.807) is 0 Å². The quantitative estimate of drug-likeness (QED) is 0.808. The highest BCUT2D eigenvalue weighted by Crippen LogP contribution is 2.26. The molecule has 2 amide bonds. The molecule has 6 nitrogen and oxygen atoms in total. The Morgan fingerprint density at radius 1 is 1.07 bits per heavy atom. The van der Waals surface area contributed by atoms with Gasteiger partial charge in [0, 0.05) is 43.8 Å². The molecule has 2 aliphatic rings. The minimum absolute atomic E-state index is 0. The summed E-state index contributed by atoms with van der Waals surface area (Å²) in [7, 11) is 0. The number of piperidine rings is 1. The van der Waals surface area contributed by atoms with Crippen LogP contribution >= 0.6 is 12.4 Å². The van der Waals surface area contributed by atoms with Crippen molar-refractivity contribution in [1.29, 1.82) is 0 Å². The highest BCUT2D eigenvalue weighted by atomic mass is 35.5. The zero-order valence-electron chi connectivity index (χ0n) is 18.0. The number of rotatable bonds is 4. The fraction of sp³-hybridized carbons (Fsp3) is 0.636. The minimum atomic E-state index is 0. The van der Waals surface area contributed by atoms with Gasteiger partial charge in [-0.15, -0.1) is 12.4 Å². The summed E-state index contributed by atoms with van der Waals surface area (Å²) in [5.74, 6) is 0.814. The second-order valence-corrected chi connectivity index (χ2v) is 8.15. The van der Waals surface area contributed by atoms with E-state index in [4.69, 9.17) is 4.74 Å². The number of nitrogens with one attached hydrogen (secondary N) is 1. The summed E-state index contributed by atoms with van der Waals surface area (Å²) in [5.41, 5.74) is 2.47. The first kappa shape index (κ1) is 23.5. The van der Waals surface area contributed by atoms with Gasteiger partial charge >= 0.3 is 0 Å². The fourth-order valence-electron chi connectivity index (χ4n) is 4.18. The number of nitrogens with zero attached hydrogens (tertiary/aromatic N) is 2. The molecule has 2 aliphatic heterocycles. The maximum absolute atomic E-state index is 13.0. The van der Waals surface area contributed by atoms with Crippen molar-refractivity contribution in [3.05, 3.63) is 28.8 Å². The Balaban J connectivity index is 0.00000300. The normalized spacial score (nSPS) is 22.1. The van der Waals surface area contributed by atoms with E-state index in [1.807, 2.05) is 35.8 Å². The monoisotopic (exact) mass is 423 g/mol. The maximum atomic E-state index is 13.0. The van der Waals surface area contributed by atoms with Crippen LogP contribution in [-0.2, 0) is 4.79 Å². The van der Waals surface area contributed by atoms with Crippen molar-refractivity contribution < 1.29 is 14.3 Å². The van der Waals surface area contributed by atoms with Crippen LogP contribution in [0.5, 0.6) is 5.75 Å². The fourth-order valence-corrected chi connectivity index (χ4v) is 4.18. The smallest absolute Gasteiger partial charge is 0.260 e. The molecular weight excluding hydrogens is 390 g/mol. The molecular formula is C22H34ClN3O3. The number of carbonyl (C=O) groups is 2. The number of likely N-dealkylation sites (tertiary alicyclic amines) is 1.